The molecule has 0 aromatic heterocycles. The maximum Gasteiger partial charge on any atom is 0.462 e. The first-order valence-corrected chi connectivity index (χ1v) is 3.01. The molecule has 5 heteroatoms. The van der Waals surface area contributed by atoms with Gasteiger partial charge in [-0.1, -0.05) is 6.08 Å². The number of nitro groups is 1. The molecule has 0 rings (SSSR count). The zero-order valence-corrected chi connectivity index (χ0v) is 6.73. The smallest absolute Gasteiger partial charge is 0.291 e. The standard InChI is InChI=1S/C6H11NO4/c1-4-5-6(10-2,11-3)7(8)9/h4-5H,1-3H3. The lowest BCUT2D eigenvalue weighted by atomic mass is 10.4. The van der Waals surface area contributed by atoms with Gasteiger partial charge in [-0.2, -0.15) is 0 Å². The van der Waals surface area contributed by atoms with Crippen molar-refractivity contribution in [2.24, 2.45) is 0 Å². The minimum atomic E-state index is -1.82. The molecule has 0 N–H and O–H groups in total. The third-order valence-electron chi connectivity index (χ3n) is 1.22. The summed E-state index contributed by atoms with van der Waals surface area (Å²) in [4.78, 5) is 9.73. The maximum atomic E-state index is 10.4. The Morgan fingerprint density at radius 2 is 1.91 bits per heavy atom. The van der Waals surface area contributed by atoms with E-state index in [1.54, 1.807) is 6.92 Å². The minimum Gasteiger partial charge on any atom is -0.291 e. The van der Waals surface area contributed by atoms with Gasteiger partial charge < -0.3 is 0 Å². The van der Waals surface area contributed by atoms with Crippen LogP contribution in [0.5, 0.6) is 0 Å². The van der Waals surface area contributed by atoms with Crippen LogP contribution in [0.2, 0.25) is 0 Å². The lowest BCUT2D eigenvalue weighted by Gasteiger charge is -2.16. The van der Waals surface area contributed by atoms with Crippen molar-refractivity contribution in [1.29, 1.82) is 0 Å². The summed E-state index contributed by atoms with van der Waals surface area (Å²) in [6, 6.07) is 0. The van der Waals surface area contributed by atoms with E-state index in [9.17, 15) is 10.1 Å². The number of methoxy groups -OCH3 is 2. The van der Waals surface area contributed by atoms with E-state index in [0.29, 0.717) is 0 Å². The molecule has 0 fully saturated rings. The molecule has 0 aromatic carbocycles. The van der Waals surface area contributed by atoms with Crippen molar-refractivity contribution in [3.63, 3.8) is 0 Å². The lowest BCUT2D eigenvalue weighted by Crippen LogP contribution is -2.40. The quantitative estimate of drug-likeness (QED) is 0.264. The summed E-state index contributed by atoms with van der Waals surface area (Å²) in [5.41, 5.74) is 0. The van der Waals surface area contributed by atoms with Gasteiger partial charge in [-0.3, -0.25) is 19.6 Å². The number of hydrogen-bond donors (Lipinski definition) is 0. The highest BCUT2D eigenvalue weighted by Gasteiger charge is 2.40. The zero-order valence-electron chi connectivity index (χ0n) is 6.73. The van der Waals surface area contributed by atoms with Crippen LogP contribution in [0.4, 0.5) is 0 Å². The van der Waals surface area contributed by atoms with Gasteiger partial charge in [0.15, 0.2) is 0 Å². The van der Waals surface area contributed by atoms with Crippen molar-refractivity contribution in [1.82, 2.24) is 0 Å². The summed E-state index contributed by atoms with van der Waals surface area (Å²) < 4.78 is 9.16. The molecule has 0 amide bonds. The normalized spacial score (nSPS) is 12.3. The molecule has 0 saturated heterocycles. The molecule has 0 radical (unpaired) electrons. The number of rotatable bonds is 4. The molecule has 0 aliphatic heterocycles. The summed E-state index contributed by atoms with van der Waals surface area (Å²) in [5.74, 6) is -1.82. The largest absolute Gasteiger partial charge is 0.462 e. The molecule has 0 aromatic rings. The van der Waals surface area contributed by atoms with Crippen molar-refractivity contribution < 1.29 is 14.4 Å². The van der Waals surface area contributed by atoms with Crippen molar-refractivity contribution in [3.05, 3.63) is 22.3 Å². The van der Waals surface area contributed by atoms with Gasteiger partial charge in [0, 0.05) is 14.2 Å². The predicted octanol–water partition coefficient (Wildman–Crippen LogP) is 0.786. The molecule has 0 heterocycles. The molecular weight excluding hydrogens is 150 g/mol. The van der Waals surface area contributed by atoms with Crippen LogP contribution < -0.4 is 0 Å². The van der Waals surface area contributed by atoms with Crippen LogP contribution in [0.1, 0.15) is 6.92 Å². The van der Waals surface area contributed by atoms with Crippen molar-refractivity contribution in [3.8, 4) is 0 Å². The van der Waals surface area contributed by atoms with Gasteiger partial charge in [0.05, 0.1) is 11.0 Å². The van der Waals surface area contributed by atoms with Crippen molar-refractivity contribution in [2.75, 3.05) is 14.2 Å². The van der Waals surface area contributed by atoms with Gasteiger partial charge in [0.2, 0.25) is 0 Å². The molecule has 5 nitrogen and oxygen atoms in total. The first-order valence-electron chi connectivity index (χ1n) is 3.01. The van der Waals surface area contributed by atoms with Gasteiger partial charge in [-0.05, 0) is 6.92 Å². The SMILES string of the molecule is CC=CC(OC)(OC)[N+](=O)[O-]. The van der Waals surface area contributed by atoms with E-state index >= 15 is 0 Å². The van der Waals surface area contributed by atoms with Crippen molar-refractivity contribution in [2.45, 2.75) is 12.8 Å². The van der Waals surface area contributed by atoms with Crippen LogP contribution >= 0.6 is 0 Å². The molecule has 64 valence electrons. The third-order valence-corrected chi connectivity index (χ3v) is 1.22. The Morgan fingerprint density at radius 1 is 1.45 bits per heavy atom. The number of hydrogen-bond acceptors (Lipinski definition) is 4. The summed E-state index contributed by atoms with van der Waals surface area (Å²) in [6.45, 7) is 1.65. The fourth-order valence-electron chi connectivity index (χ4n) is 0.640. The second kappa shape index (κ2) is 4.05. The summed E-state index contributed by atoms with van der Waals surface area (Å²) in [7, 11) is 2.43. The van der Waals surface area contributed by atoms with E-state index in [-0.39, 0.29) is 0 Å². The van der Waals surface area contributed by atoms with E-state index in [4.69, 9.17) is 0 Å². The van der Waals surface area contributed by atoms with Crippen LogP contribution in [-0.4, -0.2) is 25.1 Å². The van der Waals surface area contributed by atoms with E-state index in [1.165, 1.54) is 26.4 Å². The number of nitrogens with zero attached hydrogens (tertiary/aromatic N) is 1. The van der Waals surface area contributed by atoms with Crippen LogP contribution in [0, 0.1) is 10.1 Å². The Hall–Kier alpha value is -0.940. The van der Waals surface area contributed by atoms with E-state index in [0.717, 1.165) is 0 Å². The Bertz CT molecular complexity index is 162. The number of ether oxygens (including phenoxy) is 2. The lowest BCUT2D eigenvalue weighted by molar-refractivity contribution is -0.669. The van der Waals surface area contributed by atoms with Gasteiger partial charge >= 0.3 is 5.91 Å². The van der Waals surface area contributed by atoms with E-state index in [2.05, 4.69) is 9.47 Å². The average molecular weight is 161 g/mol. The highest BCUT2D eigenvalue weighted by molar-refractivity contribution is 4.86. The van der Waals surface area contributed by atoms with Gasteiger partial charge in [-0.15, -0.1) is 0 Å². The Labute approximate surface area is 64.8 Å². The van der Waals surface area contributed by atoms with Gasteiger partial charge in [0.25, 0.3) is 0 Å². The molecule has 0 aliphatic carbocycles. The van der Waals surface area contributed by atoms with E-state index < -0.39 is 10.8 Å². The maximum absolute atomic E-state index is 10.4. The molecular formula is C6H11NO4. The molecule has 11 heavy (non-hydrogen) atoms. The monoisotopic (exact) mass is 161 g/mol. The Morgan fingerprint density at radius 3 is 2.00 bits per heavy atom. The molecule has 0 saturated carbocycles. The van der Waals surface area contributed by atoms with E-state index in [1.807, 2.05) is 0 Å². The zero-order chi connectivity index (χ0) is 8.91. The first-order chi connectivity index (χ1) is 5.13. The minimum absolute atomic E-state index is 0.646. The molecule has 0 aliphatic rings. The highest BCUT2D eigenvalue weighted by Crippen LogP contribution is 2.13. The Balaban J connectivity index is 4.60. The second-order valence-electron chi connectivity index (χ2n) is 1.80. The summed E-state index contributed by atoms with van der Waals surface area (Å²) >= 11 is 0. The topological polar surface area (TPSA) is 61.6 Å². The first kappa shape index (κ1) is 10.1. The van der Waals surface area contributed by atoms with Crippen LogP contribution in [0.25, 0.3) is 0 Å². The Kier molecular flexibility index (Phi) is 3.70. The third kappa shape index (κ3) is 1.99. The molecule has 0 unspecified atom stereocenters. The second-order valence-corrected chi connectivity index (χ2v) is 1.80. The molecule has 0 spiro atoms. The molecule has 0 bridgehead atoms. The van der Waals surface area contributed by atoms with Crippen molar-refractivity contribution >= 4 is 0 Å². The van der Waals surface area contributed by atoms with Crippen LogP contribution in [0.3, 0.4) is 0 Å². The average Bonchev–Trinajstić information content (AvgIpc) is 2.00. The van der Waals surface area contributed by atoms with Crippen LogP contribution in [0.15, 0.2) is 12.2 Å². The summed E-state index contributed by atoms with van der Waals surface area (Å²) in [5, 5.41) is 10.4. The fourth-order valence-corrected chi connectivity index (χ4v) is 0.640. The fraction of sp³-hybridized carbons (Fsp3) is 0.667. The van der Waals surface area contributed by atoms with Crippen LogP contribution in [-0.2, 0) is 9.47 Å². The number of allylic oxidation sites excluding steroid dienone is 1. The highest BCUT2D eigenvalue weighted by atomic mass is 16.8. The van der Waals surface area contributed by atoms with Gasteiger partial charge in [0.1, 0.15) is 0 Å². The molecule has 0 atom stereocenters. The predicted molar refractivity (Wildman–Crippen MR) is 38.6 cm³/mol. The summed E-state index contributed by atoms with van der Waals surface area (Å²) in [6.07, 6.45) is 2.72. The van der Waals surface area contributed by atoms with Gasteiger partial charge in [-0.25, -0.2) is 0 Å².